The summed E-state index contributed by atoms with van der Waals surface area (Å²) in [5.41, 5.74) is 11.2. The Morgan fingerprint density at radius 2 is 0.583 bits per heavy atom. The first-order valence-electron chi connectivity index (χ1n) is 26.6. The molecule has 0 spiro atoms. The highest BCUT2D eigenvalue weighted by atomic mass is 16.4. The van der Waals surface area contributed by atoms with Gasteiger partial charge in [-0.3, -0.25) is 0 Å². The first-order valence-corrected chi connectivity index (χ1v) is 26.6. The number of benzene rings is 12. The molecule has 9 N–H and O–H groups in total. The van der Waals surface area contributed by atoms with Crippen molar-refractivity contribution in [3.05, 3.63) is 287 Å². The number of rotatable bonds is 12. The molecule has 12 nitrogen and oxygen atoms in total. The molecule has 0 aliphatic heterocycles. The molecule has 0 aromatic heterocycles. The van der Waals surface area contributed by atoms with E-state index in [1.165, 1.54) is 18.2 Å². The van der Waals surface area contributed by atoms with Crippen LogP contribution >= 0.6 is 0 Å². The van der Waals surface area contributed by atoms with Crippen LogP contribution in [-0.2, 0) is 19.3 Å². The molecule has 414 valence electrons. The third kappa shape index (κ3) is 12.9. The Hall–Kier alpha value is -11.4. The van der Waals surface area contributed by atoms with Gasteiger partial charge >= 0.3 is 17.9 Å². The third-order valence-electron chi connectivity index (χ3n) is 14.5. The molecule has 0 heterocycles. The molecule has 0 saturated heterocycles. The highest BCUT2D eigenvalue weighted by molar-refractivity contribution is 6.02. The first kappa shape index (κ1) is 55.9. The van der Waals surface area contributed by atoms with Gasteiger partial charge < -0.3 is 46.0 Å². The highest BCUT2D eigenvalue weighted by Crippen LogP contribution is 2.39. The van der Waals surface area contributed by atoms with Crippen LogP contribution in [0.2, 0.25) is 0 Å². The predicted octanol–water partition coefficient (Wildman–Crippen LogP) is 15.6. The van der Waals surface area contributed by atoms with E-state index in [-0.39, 0.29) is 56.6 Å². The van der Waals surface area contributed by atoms with Gasteiger partial charge in [0.15, 0.2) is 0 Å². The van der Waals surface area contributed by atoms with Crippen molar-refractivity contribution in [3.63, 3.8) is 0 Å². The normalized spacial score (nSPS) is 10.9. The van der Waals surface area contributed by atoms with Crippen molar-refractivity contribution in [1.82, 2.24) is 0 Å². The topological polar surface area (TPSA) is 233 Å². The average Bonchev–Trinajstić information content (AvgIpc) is 3.48. The summed E-state index contributed by atoms with van der Waals surface area (Å²) in [5, 5.41) is 92.9. The molecule has 12 rings (SSSR count). The number of phenols is 6. The number of aromatic carboxylic acids is 3. The number of carbonyl (C=O) groups is 3. The maximum absolute atomic E-state index is 11.2. The van der Waals surface area contributed by atoms with Crippen LogP contribution in [0.1, 0.15) is 64.5 Å². The van der Waals surface area contributed by atoms with Crippen molar-refractivity contribution >= 4 is 50.2 Å². The lowest BCUT2D eigenvalue weighted by atomic mass is 9.95. The maximum atomic E-state index is 11.2. The maximum Gasteiger partial charge on any atom is 0.335 e. The molecule has 0 bridgehead atoms. The van der Waals surface area contributed by atoms with Crippen LogP contribution < -0.4 is 0 Å². The largest absolute Gasteiger partial charge is 0.508 e. The lowest BCUT2D eigenvalue weighted by molar-refractivity contribution is 0.0686. The van der Waals surface area contributed by atoms with Crippen LogP contribution in [0.5, 0.6) is 34.5 Å². The van der Waals surface area contributed by atoms with Crippen molar-refractivity contribution in [3.8, 4) is 67.9 Å². The van der Waals surface area contributed by atoms with Crippen LogP contribution in [0, 0.1) is 0 Å². The Morgan fingerprint density at radius 3 is 1.06 bits per heavy atom. The monoisotopic (exact) mass is 1110 g/mol. The van der Waals surface area contributed by atoms with Gasteiger partial charge in [-0.15, -0.1) is 0 Å². The number of phenolic OH excluding ortho intramolecular Hbond substituents is 6. The van der Waals surface area contributed by atoms with E-state index in [1.807, 2.05) is 158 Å². The number of fused-ring (bicyclic) bond motifs is 3. The van der Waals surface area contributed by atoms with E-state index in [1.54, 1.807) is 54.6 Å². The van der Waals surface area contributed by atoms with Crippen LogP contribution in [-0.4, -0.2) is 63.9 Å². The van der Waals surface area contributed by atoms with Crippen LogP contribution in [0.3, 0.4) is 0 Å². The fourth-order valence-corrected chi connectivity index (χ4v) is 10.1. The summed E-state index contributed by atoms with van der Waals surface area (Å²) in [6, 6.07) is 71.0. The standard InChI is InChI=1S/C24H18O5.C24H18O4.C24H18O3/c25-21-7-6-15(9-17(21)8-14-4-2-1-3-5-14)16-10-19-20(22(26)12-16)11-18(24(28)29)13-23(19)27;25-22-9-8-16(11-19(22)10-15-4-2-1-3-5-15)17-6-7-18-12-20(24(27)28)14-23(26)21(18)13-17;25-23-11-10-20(15-22(23)12-16-4-2-1-3-5-16)17-6-7-19-14-21(24(26)27)9-8-18(19)13-17/h1-7,9-13,25-27H,8H2,(H,28,29);1-9,11-14,25-26H,10H2,(H,27,28);1-11,13-15,25H,12H2,(H,26,27). The first-order chi connectivity index (χ1) is 40.5. The molecule has 0 atom stereocenters. The smallest absolute Gasteiger partial charge is 0.335 e. The second-order valence-corrected chi connectivity index (χ2v) is 20.2. The molecule has 0 fully saturated rings. The zero-order valence-corrected chi connectivity index (χ0v) is 44.9. The summed E-state index contributed by atoms with van der Waals surface area (Å²) in [6.45, 7) is 0. The van der Waals surface area contributed by atoms with E-state index in [0.29, 0.717) is 41.0 Å². The molecule has 12 aromatic carbocycles. The average molecular weight is 1110 g/mol. The summed E-state index contributed by atoms with van der Waals surface area (Å²) in [5.74, 6) is -2.91. The zero-order chi connectivity index (χ0) is 59.0. The highest BCUT2D eigenvalue weighted by Gasteiger charge is 2.16. The number of hydrogen-bond acceptors (Lipinski definition) is 9. The van der Waals surface area contributed by atoms with Gasteiger partial charge in [-0.1, -0.05) is 140 Å². The van der Waals surface area contributed by atoms with Crippen LogP contribution in [0.4, 0.5) is 0 Å². The summed E-state index contributed by atoms with van der Waals surface area (Å²) >= 11 is 0. The van der Waals surface area contributed by atoms with E-state index < -0.39 is 17.9 Å². The van der Waals surface area contributed by atoms with Crippen molar-refractivity contribution in [2.75, 3.05) is 0 Å². The van der Waals surface area contributed by atoms with Crippen molar-refractivity contribution < 1.29 is 60.3 Å². The fraction of sp³-hybridized carbons (Fsp3) is 0.0417. The van der Waals surface area contributed by atoms with Crippen LogP contribution in [0.15, 0.2) is 237 Å². The van der Waals surface area contributed by atoms with Gasteiger partial charge in [0.2, 0.25) is 0 Å². The van der Waals surface area contributed by atoms with Gasteiger partial charge in [-0.25, -0.2) is 14.4 Å². The van der Waals surface area contributed by atoms with Gasteiger partial charge in [-0.05, 0) is 180 Å². The van der Waals surface area contributed by atoms with E-state index in [2.05, 4.69) is 0 Å². The van der Waals surface area contributed by atoms with Crippen LogP contribution in [0.25, 0.3) is 65.7 Å². The Morgan fingerprint density at radius 1 is 0.250 bits per heavy atom. The Labute approximate surface area is 482 Å². The number of aromatic hydroxyl groups is 6. The molecule has 0 amide bonds. The molecule has 0 radical (unpaired) electrons. The Balaban J connectivity index is 0.000000140. The van der Waals surface area contributed by atoms with E-state index in [4.69, 9.17) is 15.3 Å². The summed E-state index contributed by atoms with van der Waals surface area (Å²) < 4.78 is 0. The molecule has 0 unspecified atom stereocenters. The van der Waals surface area contributed by atoms with Gasteiger partial charge in [0.25, 0.3) is 0 Å². The molecule has 12 heteroatoms. The lowest BCUT2D eigenvalue weighted by Crippen LogP contribution is -1.96. The SMILES string of the molecule is O=C(O)c1cc(O)c2cc(-c3ccc(O)c(Cc4ccccc4)c3)cc(O)c2c1.O=C(O)c1cc(O)c2cc(-c3ccc(O)c(Cc4ccccc4)c3)ccc2c1.O=C(O)c1ccc2cc(-c3ccc(O)c(Cc4ccccc4)c3)ccc2c1. The van der Waals surface area contributed by atoms with Gasteiger partial charge in [0.1, 0.15) is 34.5 Å². The van der Waals surface area contributed by atoms with Gasteiger partial charge in [-0.2, -0.15) is 0 Å². The van der Waals surface area contributed by atoms with Crippen molar-refractivity contribution in [2.24, 2.45) is 0 Å². The molecule has 0 saturated carbocycles. The summed E-state index contributed by atoms with van der Waals surface area (Å²) in [6.07, 6.45) is 1.82. The molecule has 12 aromatic rings. The molecular formula is C72H54O12. The van der Waals surface area contributed by atoms with E-state index in [9.17, 15) is 45.0 Å². The second-order valence-electron chi connectivity index (χ2n) is 20.2. The quantitative estimate of drug-likeness (QED) is 0.0556. The summed E-state index contributed by atoms with van der Waals surface area (Å²) in [4.78, 5) is 33.5. The Bertz CT molecular complexity index is 4440. The molecule has 0 aliphatic carbocycles. The number of carboxylic acids is 3. The fourth-order valence-electron chi connectivity index (χ4n) is 10.1. The van der Waals surface area contributed by atoms with Gasteiger partial charge in [0, 0.05) is 35.4 Å². The third-order valence-corrected chi connectivity index (χ3v) is 14.5. The zero-order valence-electron chi connectivity index (χ0n) is 44.9. The predicted molar refractivity (Wildman–Crippen MR) is 327 cm³/mol. The van der Waals surface area contributed by atoms with Crippen molar-refractivity contribution in [1.29, 1.82) is 0 Å². The summed E-state index contributed by atoms with van der Waals surface area (Å²) in [7, 11) is 0. The number of hydrogen-bond donors (Lipinski definition) is 9. The Kier molecular flexibility index (Phi) is 16.3. The lowest BCUT2D eigenvalue weighted by Gasteiger charge is -2.12. The minimum Gasteiger partial charge on any atom is -0.508 e. The minimum atomic E-state index is -1.19. The van der Waals surface area contributed by atoms with E-state index >= 15 is 0 Å². The van der Waals surface area contributed by atoms with Gasteiger partial charge in [0.05, 0.1) is 16.7 Å². The molecule has 0 aliphatic rings. The number of carboxylic acid groups (broad SMARTS) is 3. The molecule has 84 heavy (non-hydrogen) atoms. The van der Waals surface area contributed by atoms with E-state index in [0.717, 1.165) is 78.0 Å². The molecular weight excluding hydrogens is 1060 g/mol. The second kappa shape index (κ2) is 24.6. The van der Waals surface area contributed by atoms with Crippen molar-refractivity contribution in [2.45, 2.75) is 19.3 Å². The minimum absolute atomic E-state index is 0.0486.